The molecule has 4 nitrogen and oxygen atoms in total. The van der Waals surface area contributed by atoms with Crippen LogP contribution in [-0.4, -0.2) is 26.0 Å². The number of nitrogens with one attached hydrogen (secondary N) is 1. The largest absolute Gasteiger partial charge is 0.399 e. The van der Waals surface area contributed by atoms with Gasteiger partial charge in [-0.25, -0.2) is 0 Å². The van der Waals surface area contributed by atoms with E-state index >= 15 is 0 Å². The zero-order valence-electron chi connectivity index (χ0n) is 11.8. The van der Waals surface area contributed by atoms with E-state index in [4.69, 9.17) is 5.73 Å². The second-order valence-corrected chi connectivity index (χ2v) is 5.18. The highest BCUT2D eigenvalue weighted by molar-refractivity contribution is 6.00. The molecule has 1 amide bonds. The van der Waals surface area contributed by atoms with E-state index in [0.29, 0.717) is 17.2 Å². The molecule has 3 N–H and O–H groups in total. The minimum absolute atomic E-state index is 0.0767. The first-order valence-electron chi connectivity index (χ1n) is 6.20. The van der Waals surface area contributed by atoms with Gasteiger partial charge < -0.3 is 16.0 Å². The predicted molar refractivity (Wildman–Crippen MR) is 76.9 cm³/mol. The molecule has 1 atom stereocenters. The zero-order chi connectivity index (χ0) is 13.9. The molecule has 4 heteroatoms. The molecule has 0 aliphatic rings. The van der Waals surface area contributed by atoms with Crippen LogP contribution in [0.25, 0.3) is 0 Å². The van der Waals surface area contributed by atoms with E-state index < -0.39 is 0 Å². The number of carbonyl (C=O) groups is 1. The topological polar surface area (TPSA) is 58.4 Å². The molecule has 18 heavy (non-hydrogen) atoms. The van der Waals surface area contributed by atoms with Crippen LogP contribution in [0.3, 0.4) is 0 Å². The van der Waals surface area contributed by atoms with Crippen LogP contribution in [0.2, 0.25) is 0 Å². The Hall–Kier alpha value is -1.71. The Balaban J connectivity index is 3.00. The number of amides is 1. The summed E-state index contributed by atoms with van der Waals surface area (Å²) in [7, 11) is 3.82. The fraction of sp³-hybridized carbons (Fsp3) is 0.500. The van der Waals surface area contributed by atoms with Crippen LogP contribution >= 0.6 is 0 Å². The van der Waals surface area contributed by atoms with Crippen LogP contribution < -0.4 is 16.0 Å². The van der Waals surface area contributed by atoms with Gasteiger partial charge in [0.25, 0.3) is 5.91 Å². The van der Waals surface area contributed by atoms with E-state index in [1.165, 1.54) is 0 Å². The van der Waals surface area contributed by atoms with E-state index in [1.807, 2.05) is 32.0 Å². The van der Waals surface area contributed by atoms with Gasteiger partial charge in [-0.2, -0.15) is 0 Å². The number of nitrogens with two attached hydrogens (primary N) is 1. The molecule has 0 spiro atoms. The van der Waals surface area contributed by atoms with Gasteiger partial charge in [0.05, 0.1) is 5.56 Å². The Morgan fingerprint density at radius 2 is 1.89 bits per heavy atom. The van der Waals surface area contributed by atoms with Crippen LogP contribution in [0.1, 0.15) is 31.1 Å². The monoisotopic (exact) mass is 249 g/mol. The predicted octanol–water partition coefficient (Wildman–Crippen LogP) is 2.11. The Labute approximate surface area is 109 Å². The fourth-order valence-corrected chi connectivity index (χ4v) is 1.58. The van der Waals surface area contributed by atoms with Gasteiger partial charge in [0.15, 0.2) is 0 Å². The van der Waals surface area contributed by atoms with Crippen LogP contribution in [0, 0.1) is 5.92 Å². The second kappa shape index (κ2) is 5.76. The van der Waals surface area contributed by atoms with Gasteiger partial charge in [-0.05, 0) is 31.0 Å². The number of carbonyl (C=O) groups excluding carboxylic acids is 1. The maximum Gasteiger partial charge on any atom is 0.253 e. The van der Waals surface area contributed by atoms with Crippen LogP contribution in [0.5, 0.6) is 0 Å². The van der Waals surface area contributed by atoms with Crippen molar-refractivity contribution in [3.05, 3.63) is 23.8 Å². The summed E-state index contributed by atoms with van der Waals surface area (Å²) in [6, 6.07) is 5.52. The molecule has 0 aliphatic heterocycles. The highest BCUT2D eigenvalue weighted by Gasteiger charge is 2.16. The smallest absolute Gasteiger partial charge is 0.253 e. The van der Waals surface area contributed by atoms with Crippen molar-refractivity contribution in [2.45, 2.75) is 26.8 Å². The maximum atomic E-state index is 12.2. The first-order chi connectivity index (χ1) is 8.32. The molecule has 1 unspecified atom stereocenters. The maximum absolute atomic E-state index is 12.2. The third kappa shape index (κ3) is 3.39. The molecule has 0 heterocycles. The molecular weight excluding hydrogens is 226 g/mol. The van der Waals surface area contributed by atoms with E-state index in [-0.39, 0.29) is 11.9 Å². The Morgan fingerprint density at radius 3 is 2.39 bits per heavy atom. The average molecular weight is 249 g/mol. The van der Waals surface area contributed by atoms with Crippen molar-refractivity contribution in [1.82, 2.24) is 5.32 Å². The average Bonchev–Trinajstić information content (AvgIpc) is 2.28. The molecule has 0 fully saturated rings. The van der Waals surface area contributed by atoms with Gasteiger partial charge in [-0.3, -0.25) is 4.79 Å². The summed E-state index contributed by atoms with van der Waals surface area (Å²) in [4.78, 5) is 14.2. The minimum atomic E-state index is -0.0767. The molecule has 0 aromatic heterocycles. The third-order valence-corrected chi connectivity index (χ3v) is 3.11. The van der Waals surface area contributed by atoms with Crippen molar-refractivity contribution < 1.29 is 4.79 Å². The zero-order valence-corrected chi connectivity index (χ0v) is 11.8. The molecule has 0 radical (unpaired) electrons. The summed E-state index contributed by atoms with van der Waals surface area (Å²) < 4.78 is 0. The van der Waals surface area contributed by atoms with Gasteiger partial charge in [-0.15, -0.1) is 0 Å². The van der Waals surface area contributed by atoms with Crippen molar-refractivity contribution in [2.24, 2.45) is 5.92 Å². The lowest BCUT2D eigenvalue weighted by molar-refractivity contribution is 0.0931. The van der Waals surface area contributed by atoms with Crippen molar-refractivity contribution in [2.75, 3.05) is 24.7 Å². The number of nitrogen functional groups attached to an aromatic ring is 1. The summed E-state index contributed by atoms with van der Waals surface area (Å²) in [5.74, 6) is 0.324. The van der Waals surface area contributed by atoms with Gasteiger partial charge in [0.2, 0.25) is 0 Å². The van der Waals surface area contributed by atoms with E-state index in [1.54, 1.807) is 12.1 Å². The number of hydrogen-bond donors (Lipinski definition) is 2. The summed E-state index contributed by atoms with van der Waals surface area (Å²) in [6.07, 6.45) is 0. The molecule has 1 aromatic rings. The standard InChI is InChI=1S/C14H23N3O/c1-9(2)10(3)16-14(18)12-8-11(15)6-7-13(12)17(4)5/h6-10H,15H2,1-5H3,(H,16,18). The van der Waals surface area contributed by atoms with Crippen LogP contribution in [0.4, 0.5) is 11.4 Å². The molecule has 1 rings (SSSR count). The number of nitrogens with zero attached hydrogens (tertiary/aromatic N) is 1. The third-order valence-electron chi connectivity index (χ3n) is 3.11. The highest BCUT2D eigenvalue weighted by Crippen LogP contribution is 2.21. The van der Waals surface area contributed by atoms with Crippen molar-refractivity contribution in [3.8, 4) is 0 Å². The first-order valence-corrected chi connectivity index (χ1v) is 6.20. The van der Waals surface area contributed by atoms with Crippen molar-refractivity contribution >= 4 is 17.3 Å². The number of anilines is 2. The Morgan fingerprint density at radius 1 is 1.28 bits per heavy atom. The van der Waals surface area contributed by atoms with E-state index in [2.05, 4.69) is 19.2 Å². The number of benzene rings is 1. The Kier molecular flexibility index (Phi) is 4.59. The summed E-state index contributed by atoms with van der Waals surface area (Å²) in [6.45, 7) is 6.17. The molecule has 0 saturated heterocycles. The highest BCUT2D eigenvalue weighted by atomic mass is 16.1. The number of rotatable bonds is 4. The molecule has 100 valence electrons. The summed E-state index contributed by atoms with van der Waals surface area (Å²) in [5, 5.41) is 3.00. The molecule has 0 saturated carbocycles. The Bertz CT molecular complexity index is 427. The summed E-state index contributed by atoms with van der Waals surface area (Å²) >= 11 is 0. The van der Waals surface area contributed by atoms with Crippen LogP contribution in [0.15, 0.2) is 18.2 Å². The minimum Gasteiger partial charge on any atom is -0.399 e. The quantitative estimate of drug-likeness (QED) is 0.803. The normalized spacial score (nSPS) is 12.3. The molecule has 1 aromatic carbocycles. The molecule has 0 aliphatic carbocycles. The van der Waals surface area contributed by atoms with Crippen LogP contribution in [-0.2, 0) is 0 Å². The van der Waals surface area contributed by atoms with Gasteiger partial charge in [-0.1, -0.05) is 13.8 Å². The van der Waals surface area contributed by atoms with E-state index in [9.17, 15) is 4.79 Å². The molecule has 0 bridgehead atoms. The van der Waals surface area contributed by atoms with Gasteiger partial charge >= 0.3 is 0 Å². The number of hydrogen-bond acceptors (Lipinski definition) is 3. The van der Waals surface area contributed by atoms with Gasteiger partial charge in [0, 0.05) is 31.5 Å². The molecular formula is C14H23N3O. The lowest BCUT2D eigenvalue weighted by Gasteiger charge is -2.21. The van der Waals surface area contributed by atoms with Crippen molar-refractivity contribution in [1.29, 1.82) is 0 Å². The second-order valence-electron chi connectivity index (χ2n) is 5.18. The van der Waals surface area contributed by atoms with Gasteiger partial charge in [0.1, 0.15) is 0 Å². The summed E-state index contributed by atoms with van der Waals surface area (Å²) in [5.41, 5.74) is 7.85. The first kappa shape index (κ1) is 14.4. The van der Waals surface area contributed by atoms with E-state index in [0.717, 1.165) is 5.69 Å². The van der Waals surface area contributed by atoms with Crippen molar-refractivity contribution in [3.63, 3.8) is 0 Å². The fourth-order valence-electron chi connectivity index (χ4n) is 1.58. The lowest BCUT2D eigenvalue weighted by Crippen LogP contribution is -2.36. The lowest BCUT2D eigenvalue weighted by atomic mass is 10.0. The SMILES string of the molecule is CC(C)C(C)NC(=O)c1cc(N)ccc1N(C)C.